The Morgan fingerprint density at radius 1 is 1.42 bits per heavy atom. The number of carboxylic acid groups (broad SMARTS) is 1. The quantitative estimate of drug-likeness (QED) is 0.896. The monoisotopic (exact) mass is 265 g/mol. The molecule has 0 atom stereocenters. The summed E-state index contributed by atoms with van der Waals surface area (Å²) < 4.78 is 10.5. The molecule has 1 saturated heterocycles. The maximum absolute atomic E-state index is 11.2. The topological polar surface area (TPSA) is 59.0 Å². The molecule has 1 aromatic carbocycles. The van der Waals surface area contributed by atoms with Crippen molar-refractivity contribution in [2.24, 2.45) is 0 Å². The van der Waals surface area contributed by atoms with Gasteiger partial charge in [0.05, 0.1) is 13.7 Å². The Morgan fingerprint density at radius 3 is 3.00 bits per heavy atom. The second kappa shape index (κ2) is 6.54. The maximum atomic E-state index is 11.2. The van der Waals surface area contributed by atoms with Crippen molar-refractivity contribution in [3.8, 4) is 5.75 Å². The Morgan fingerprint density at radius 2 is 2.26 bits per heavy atom. The van der Waals surface area contributed by atoms with Crippen molar-refractivity contribution in [1.29, 1.82) is 0 Å². The first-order chi connectivity index (χ1) is 9.20. The first-order valence-electron chi connectivity index (χ1n) is 6.41. The largest absolute Gasteiger partial charge is 0.496 e. The van der Waals surface area contributed by atoms with E-state index in [0.29, 0.717) is 5.75 Å². The lowest BCUT2D eigenvalue weighted by Crippen LogP contribution is -2.25. The summed E-state index contributed by atoms with van der Waals surface area (Å²) in [7, 11) is 1.48. The zero-order valence-corrected chi connectivity index (χ0v) is 11.1. The average molecular weight is 265 g/mol. The lowest BCUT2D eigenvalue weighted by atomic mass is 10.1. The molecule has 1 fully saturated rings. The molecule has 0 amide bonds. The van der Waals surface area contributed by atoms with E-state index in [1.165, 1.54) is 7.11 Å². The number of aromatic carboxylic acids is 1. The third kappa shape index (κ3) is 3.68. The van der Waals surface area contributed by atoms with Crippen LogP contribution in [0.15, 0.2) is 18.2 Å². The van der Waals surface area contributed by atoms with Crippen LogP contribution in [-0.2, 0) is 11.3 Å². The third-order valence-electron chi connectivity index (χ3n) is 3.22. The van der Waals surface area contributed by atoms with Crippen LogP contribution < -0.4 is 4.74 Å². The van der Waals surface area contributed by atoms with Crippen molar-refractivity contribution in [2.75, 3.05) is 33.4 Å². The van der Waals surface area contributed by atoms with E-state index >= 15 is 0 Å². The highest BCUT2D eigenvalue weighted by atomic mass is 16.5. The van der Waals surface area contributed by atoms with Gasteiger partial charge in [-0.25, -0.2) is 4.79 Å². The van der Waals surface area contributed by atoms with Gasteiger partial charge in [0, 0.05) is 26.2 Å². The van der Waals surface area contributed by atoms with Crippen LogP contribution in [0.2, 0.25) is 0 Å². The van der Waals surface area contributed by atoms with Crippen LogP contribution in [0.3, 0.4) is 0 Å². The number of hydrogen-bond acceptors (Lipinski definition) is 4. The van der Waals surface area contributed by atoms with Gasteiger partial charge in [0.1, 0.15) is 11.3 Å². The van der Waals surface area contributed by atoms with Crippen molar-refractivity contribution in [1.82, 2.24) is 4.90 Å². The number of carbonyl (C=O) groups is 1. The smallest absolute Gasteiger partial charge is 0.339 e. The van der Waals surface area contributed by atoms with Crippen molar-refractivity contribution >= 4 is 5.97 Å². The molecule has 0 unspecified atom stereocenters. The Kier molecular flexibility index (Phi) is 4.76. The summed E-state index contributed by atoms with van der Waals surface area (Å²) in [6, 6.07) is 5.32. The summed E-state index contributed by atoms with van der Waals surface area (Å²) in [6.45, 7) is 4.15. The van der Waals surface area contributed by atoms with Crippen LogP contribution in [0, 0.1) is 0 Å². The number of carboxylic acids is 1. The van der Waals surface area contributed by atoms with Crippen molar-refractivity contribution in [3.63, 3.8) is 0 Å². The maximum Gasteiger partial charge on any atom is 0.339 e. The van der Waals surface area contributed by atoms with Gasteiger partial charge in [-0.3, -0.25) is 4.90 Å². The third-order valence-corrected chi connectivity index (χ3v) is 3.22. The molecule has 1 N–H and O–H groups in total. The van der Waals surface area contributed by atoms with Gasteiger partial charge in [-0.15, -0.1) is 0 Å². The molecule has 1 aliphatic heterocycles. The number of ether oxygens (including phenoxy) is 2. The van der Waals surface area contributed by atoms with Gasteiger partial charge in [0.2, 0.25) is 0 Å². The zero-order valence-electron chi connectivity index (χ0n) is 11.1. The van der Waals surface area contributed by atoms with Gasteiger partial charge in [0.15, 0.2) is 0 Å². The molecular formula is C14H19NO4. The van der Waals surface area contributed by atoms with E-state index in [1.54, 1.807) is 12.1 Å². The number of hydrogen-bond donors (Lipinski definition) is 1. The Balaban J connectivity index is 2.11. The molecule has 2 rings (SSSR count). The van der Waals surface area contributed by atoms with Gasteiger partial charge in [0.25, 0.3) is 0 Å². The fourth-order valence-corrected chi connectivity index (χ4v) is 2.23. The minimum Gasteiger partial charge on any atom is -0.496 e. The van der Waals surface area contributed by atoms with Crippen molar-refractivity contribution < 1.29 is 19.4 Å². The number of benzene rings is 1. The molecule has 1 aromatic rings. The summed E-state index contributed by atoms with van der Waals surface area (Å²) >= 11 is 0. The van der Waals surface area contributed by atoms with E-state index < -0.39 is 5.97 Å². The van der Waals surface area contributed by atoms with Crippen LogP contribution in [-0.4, -0.2) is 49.4 Å². The Labute approximate surface area is 112 Å². The second-order valence-electron chi connectivity index (χ2n) is 4.58. The number of nitrogens with zero attached hydrogens (tertiary/aromatic N) is 1. The SMILES string of the molecule is COc1ccc(CN2CCCOCC2)cc1C(=O)O. The first-order valence-corrected chi connectivity index (χ1v) is 6.41. The van der Waals surface area contributed by atoms with Crippen LogP contribution in [0.5, 0.6) is 5.75 Å². The molecular weight excluding hydrogens is 246 g/mol. The molecule has 0 aromatic heterocycles. The lowest BCUT2D eigenvalue weighted by Gasteiger charge is -2.19. The van der Waals surface area contributed by atoms with E-state index in [2.05, 4.69) is 4.90 Å². The minimum absolute atomic E-state index is 0.214. The molecule has 0 bridgehead atoms. The van der Waals surface area contributed by atoms with Gasteiger partial charge in [-0.05, 0) is 24.1 Å². The predicted molar refractivity (Wildman–Crippen MR) is 70.7 cm³/mol. The highest BCUT2D eigenvalue weighted by Gasteiger charge is 2.14. The predicted octanol–water partition coefficient (Wildman–Crippen LogP) is 1.62. The molecule has 5 nitrogen and oxygen atoms in total. The summed E-state index contributed by atoms with van der Waals surface area (Å²) in [5.41, 5.74) is 1.20. The molecule has 104 valence electrons. The molecule has 19 heavy (non-hydrogen) atoms. The van der Waals surface area contributed by atoms with Crippen LogP contribution in [0.25, 0.3) is 0 Å². The zero-order chi connectivity index (χ0) is 13.7. The van der Waals surface area contributed by atoms with Crippen LogP contribution in [0.1, 0.15) is 22.3 Å². The molecule has 1 heterocycles. The fourth-order valence-electron chi connectivity index (χ4n) is 2.23. The second-order valence-corrected chi connectivity index (χ2v) is 4.58. The van der Waals surface area contributed by atoms with E-state index in [1.807, 2.05) is 6.07 Å². The van der Waals surface area contributed by atoms with Gasteiger partial charge in [-0.1, -0.05) is 6.07 Å². The van der Waals surface area contributed by atoms with Gasteiger partial charge in [-0.2, -0.15) is 0 Å². The summed E-state index contributed by atoms with van der Waals surface area (Å²) in [5, 5.41) is 9.16. The molecule has 5 heteroatoms. The minimum atomic E-state index is -0.960. The number of methoxy groups -OCH3 is 1. The van der Waals surface area contributed by atoms with Crippen LogP contribution in [0.4, 0.5) is 0 Å². The average Bonchev–Trinajstić information content (AvgIpc) is 2.67. The standard InChI is InChI=1S/C14H19NO4/c1-18-13-4-3-11(9-12(13)14(16)17)10-15-5-2-7-19-8-6-15/h3-4,9H,2,5-8,10H2,1H3,(H,16,17). The summed E-state index contributed by atoms with van der Waals surface area (Å²) in [5.74, 6) is -0.562. The highest BCUT2D eigenvalue weighted by Crippen LogP contribution is 2.21. The number of rotatable bonds is 4. The first kappa shape index (κ1) is 13.8. The van der Waals surface area contributed by atoms with Gasteiger partial charge < -0.3 is 14.6 Å². The fraction of sp³-hybridized carbons (Fsp3) is 0.500. The van der Waals surface area contributed by atoms with Crippen LogP contribution >= 0.6 is 0 Å². The Hall–Kier alpha value is -1.59. The molecule has 1 aliphatic rings. The van der Waals surface area contributed by atoms with E-state index in [-0.39, 0.29) is 5.56 Å². The van der Waals surface area contributed by atoms with Crippen molar-refractivity contribution in [3.05, 3.63) is 29.3 Å². The van der Waals surface area contributed by atoms with Gasteiger partial charge >= 0.3 is 5.97 Å². The normalized spacial score (nSPS) is 16.9. The molecule has 0 aliphatic carbocycles. The Bertz CT molecular complexity index is 439. The molecule has 0 saturated carbocycles. The van der Waals surface area contributed by atoms with Crippen molar-refractivity contribution in [2.45, 2.75) is 13.0 Å². The van der Waals surface area contributed by atoms with E-state index in [4.69, 9.17) is 14.6 Å². The van der Waals surface area contributed by atoms with E-state index in [0.717, 1.165) is 44.8 Å². The molecule has 0 radical (unpaired) electrons. The van der Waals surface area contributed by atoms with E-state index in [9.17, 15) is 4.79 Å². The highest BCUT2D eigenvalue weighted by molar-refractivity contribution is 5.91. The molecule has 0 spiro atoms. The summed E-state index contributed by atoms with van der Waals surface area (Å²) in [4.78, 5) is 13.4. The summed E-state index contributed by atoms with van der Waals surface area (Å²) in [6.07, 6.45) is 1.02. The lowest BCUT2D eigenvalue weighted by molar-refractivity contribution is 0.0693.